The van der Waals surface area contributed by atoms with Gasteiger partial charge in [-0.25, -0.2) is 4.39 Å². The highest BCUT2D eigenvalue weighted by molar-refractivity contribution is 9.09. The molecule has 15 heavy (non-hydrogen) atoms. The predicted octanol–water partition coefficient (Wildman–Crippen LogP) is 2.66. The second-order valence-electron chi connectivity index (χ2n) is 3.16. The number of alkyl halides is 1. The molecule has 1 aromatic carbocycles. The fourth-order valence-corrected chi connectivity index (χ4v) is 1.92. The van der Waals surface area contributed by atoms with Gasteiger partial charge in [0.25, 0.3) is 0 Å². The van der Waals surface area contributed by atoms with Gasteiger partial charge >= 0.3 is 0 Å². The molecule has 0 saturated heterocycles. The highest BCUT2D eigenvalue weighted by Crippen LogP contribution is 2.27. The number of halogens is 3. The summed E-state index contributed by atoms with van der Waals surface area (Å²) in [5, 5.41) is 20.0. The van der Waals surface area contributed by atoms with Crippen molar-refractivity contribution in [2.45, 2.75) is 18.6 Å². The molecule has 1 aromatic rings. The van der Waals surface area contributed by atoms with Crippen LogP contribution in [0, 0.1) is 5.82 Å². The summed E-state index contributed by atoms with van der Waals surface area (Å²) in [5.74, 6) is -0.487. The van der Waals surface area contributed by atoms with Gasteiger partial charge in [0, 0.05) is 15.9 Å². The van der Waals surface area contributed by atoms with Crippen molar-refractivity contribution in [1.29, 1.82) is 0 Å². The predicted molar refractivity (Wildman–Crippen MR) is 60.8 cm³/mol. The minimum absolute atomic E-state index is 0.213. The van der Waals surface area contributed by atoms with E-state index in [2.05, 4.69) is 15.9 Å². The molecule has 2 N–H and O–H groups in total. The van der Waals surface area contributed by atoms with Gasteiger partial charge in [-0.15, -0.1) is 0 Å². The molecular weight excluding hydrogens is 286 g/mol. The van der Waals surface area contributed by atoms with E-state index in [0.717, 1.165) is 6.07 Å². The number of hydrogen-bond donors (Lipinski definition) is 2. The highest BCUT2D eigenvalue weighted by Gasteiger charge is 2.20. The van der Waals surface area contributed by atoms with Gasteiger partial charge in [0.05, 0.1) is 6.10 Å². The second kappa shape index (κ2) is 5.80. The minimum atomic E-state index is -1.16. The van der Waals surface area contributed by atoms with E-state index in [9.17, 15) is 14.6 Å². The monoisotopic (exact) mass is 296 g/mol. The molecule has 0 amide bonds. The lowest BCUT2D eigenvalue weighted by molar-refractivity contribution is 0.0172. The lowest BCUT2D eigenvalue weighted by Crippen LogP contribution is -2.19. The first-order valence-corrected chi connectivity index (χ1v) is 5.93. The van der Waals surface area contributed by atoms with Crippen LogP contribution in [0.3, 0.4) is 0 Å². The molecule has 1 rings (SSSR count). The molecule has 0 heterocycles. The smallest absolute Gasteiger partial charge is 0.123 e. The molecule has 0 saturated carbocycles. The summed E-state index contributed by atoms with van der Waals surface area (Å²) in [6.07, 6.45) is -1.75. The second-order valence-corrected chi connectivity index (χ2v) is 4.36. The van der Waals surface area contributed by atoms with Crippen LogP contribution in [-0.2, 0) is 0 Å². The van der Waals surface area contributed by atoms with Gasteiger partial charge in [-0.1, -0.05) is 27.5 Å². The van der Waals surface area contributed by atoms with Gasteiger partial charge in [0.15, 0.2) is 0 Å². The van der Waals surface area contributed by atoms with Crippen molar-refractivity contribution >= 4 is 27.5 Å². The van der Waals surface area contributed by atoms with Gasteiger partial charge < -0.3 is 10.2 Å². The largest absolute Gasteiger partial charge is 0.390 e. The van der Waals surface area contributed by atoms with E-state index < -0.39 is 18.0 Å². The molecular formula is C10H11BrClFO2. The molecule has 2 atom stereocenters. The van der Waals surface area contributed by atoms with Crippen molar-refractivity contribution in [2.75, 3.05) is 5.33 Å². The molecule has 0 aliphatic heterocycles. The SMILES string of the molecule is OC(CCBr)C(O)c1cc(F)ccc1Cl. The maximum Gasteiger partial charge on any atom is 0.123 e. The van der Waals surface area contributed by atoms with E-state index in [1.165, 1.54) is 12.1 Å². The number of aliphatic hydroxyl groups excluding tert-OH is 2. The van der Waals surface area contributed by atoms with Gasteiger partial charge in [-0.3, -0.25) is 0 Å². The zero-order valence-electron chi connectivity index (χ0n) is 7.83. The minimum Gasteiger partial charge on any atom is -0.390 e. The van der Waals surface area contributed by atoms with Crippen molar-refractivity contribution in [3.8, 4) is 0 Å². The summed E-state index contributed by atoms with van der Waals surface area (Å²) in [6.45, 7) is 0. The van der Waals surface area contributed by atoms with E-state index in [0.29, 0.717) is 11.8 Å². The lowest BCUT2D eigenvalue weighted by Gasteiger charge is -2.18. The number of aliphatic hydroxyl groups is 2. The number of rotatable bonds is 4. The molecule has 2 nitrogen and oxygen atoms in total. The molecule has 0 spiro atoms. The Labute approximate surface area is 101 Å². The van der Waals surface area contributed by atoms with Crippen LogP contribution in [-0.4, -0.2) is 21.6 Å². The van der Waals surface area contributed by atoms with Crippen LogP contribution in [0.2, 0.25) is 5.02 Å². The van der Waals surface area contributed by atoms with E-state index in [4.69, 9.17) is 11.6 Å². The summed E-state index contributed by atoms with van der Waals surface area (Å²) in [7, 11) is 0. The molecule has 0 aliphatic carbocycles. The Bertz CT molecular complexity index is 335. The van der Waals surface area contributed by atoms with Crippen LogP contribution in [0.25, 0.3) is 0 Å². The van der Waals surface area contributed by atoms with Crippen molar-refractivity contribution < 1.29 is 14.6 Å². The Balaban J connectivity index is 2.89. The molecule has 2 unspecified atom stereocenters. The first-order valence-electron chi connectivity index (χ1n) is 4.43. The number of benzene rings is 1. The first kappa shape index (κ1) is 12.9. The van der Waals surface area contributed by atoms with E-state index >= 15 is 0 Å². The average Bonchev–Trinajstić information content (AvgIpc) is 2.21. The Morgan fingerprint density at radius 1 is 1.40 bits per heavy atom. The molecule has 0 radical (unpaired) electrons. The molecule has 5 heteroatoms. The van der Waals surface area contributed by atoms with Crippen LogP contribution in [0.1, 0.15) is 18.1 Å². The first-order chi connectivity index (χ1) is 7.06. The molecule has 0 bridgehead atoms. The number of hydrogen-bond acceptors (Lipinski definition) is 2. The van der Waals surface area contributed by atoms with Crippen molar-refractivity contribution in [2.24, 2.45) is 0 Å². The zero-order chi connectivity index (χ0) is 11.4. The average molecular weight is 298 g/mol. The Morgan fingerprint density at radius 2 is 2.07 bits per heavy atom. The Morgan fingerprint density at radius 3 is 2.67 bits per heavy atom. The highest BCUT2D eigenvalue weighted by atomic mass is 79.9. The van der Waals surface area contributed by atoms with Crippen LogP contribution >= 0.6 is 27.5 Å². The molecule has 84 valence electrons. The maximum absolute atomic E-state index is 12.9. The van der Waals surface area contributed by atoms with Crippen molar-refractivity contribution in [1.82, 2.24) is 0 Å². The van der Waals surface area contributed by atoms with Crippen LogP contribution in [0.15, 0.2) is 18.2 Å². The van der Waals surface area contributed by atoms with Crippen molar-refractivity contribution in [3.63, 3.8) is 0 Å². The molecule has 0 aliphatic rings. The fourth-order valence-electron chi connectivity index (χ4n) is 1.22. The standard InChI is InChI=1S/C10H11BrClFO2/c11-4-3-9(14)10(15)7-5-6(13)1-2-8(7)12/h1-2,5,9-10,14-15H,3-4H2. The quantitative estimate of drug-likeness (QED) is 0.839. The normalized spacial score (nSPS) is 15.0. The van der Waals surface area contributed by atoms with Gasteiger partial charge in [0.1, 0.15) is 11.9 Å². The van der Waals surface area contributed by atoms with Gasteiger partial charge in [-0.2, -0.15) is 0 Å². The Kier molecular flexibility index (Phi) is 4.99. The van der Waals surface area contributed by atoms with Gasteiger partial charge in [-0.05, 0) is 24.6 Å². The van der Waals surface area contributed by atoms with E-state index in [1.807, 2.05) is 0 Å². The van der Waals surface area contributed by atoms with Crippen LogP contribution < -0.4 is 0 Å². The maximum atomic E-state index is 12.9. The lowest BCUT2D eigenvalue weighted by atomic mass is 10.0. The van der Waals surface area contributed by atoms with E-state index in [-0.39, 0.29) is 10.6 Å². The summed E-state index contributed by atoms with van der Waals surface area (Å²) >= 11 is 8.93. The van der Waals surface area contributed by atoms with Crippen LogP contribution in [0.5, 0.6) is 0 Å². The van der Waals surface area contributed by atoms with Crippen molar-refractivity contribution in [3.05, 3.63) is 34.6 Å². The van der Waals surface area contributed by atoms with E-state index in [1.54, 1.807) is 0 Å². The third-order valence-corrected chi connectivity index (χ3v) is 2.85. The third kappa shape index (κ3) is 3.41. The summed E-state index contributed by atoms with van der Waals surface area (Å²) in [5.41, 5.74) is 0.213. The third-order valence-electron chi connectivity index (χ3n) is 2.05. The van der Waals surface area contributed by atoms with Crippen LogP contribution in [0.4, 0.5) is 4.39 Å². The summed E-state index contributed by atoms with van der Waals surface area (Å²) < 4.78 is 12.9. The molecule has 0 aromatic heterocycles. The van der Waals surface area contributed by atoms with Gasteiger partial charge in [0.2, 0.25) is 0 Å². The fraction of sp³-hybridized carbons (Fsp3) is 0.400. The zero-order valence-corrected chi connectivity index (χ0v) is 10.2. The summed E-state index contributed by atoms with van der Waals surface area (Å²) in [6, 6.07) is 3.69. The molecule has 0 fully saturated rings. The topological polar surface area (TPSA) is 40.5 Å². The Hall–Kier alpha value is -0.160. The summed E-state index contributed by atoms with van der Waals surface area (Å²) in [4.78, 5) is 0.